The van der Waals surface area contributed by atoms with Crippen LogP contribution in [-0.4, -0.2) is 11.9 Å². The van der Waals surface area contributed by atoms with E-state index < -0.39 is 11.9 Å². The summed E-state index contributed by atoms with van der Waals surface area (Å²) in [6.07, 6.45) is -0.870. The van der Waals surface area contributed by atoms with Gasteiger partial charge < -0.3 is 0 Å². The van der Waals surface area contributed by atoms with Gasteiger partial charge in [-0.25, -0.2) is 0 Å². The molecule has 0 unspecified atom stereocenters. The van der Waals surface area contributed by atoms with E-state index in [-0.39, 0.29) is 0 Å². The highest BCUT2D eigenvalue weighted by molar-refractivity contribution is 5.87. The van der Waals surface area contributed by atoms with Crippen molar-refractivity contribution in [2.75, 3.05) is 0 Å². The molecule has 0 aliphatic rings. The lowest BCUT2D eigenvalue weighted by molar-refractivity contribution is -0.0591. The normalized spacial score (nSPS) is 14.5. The van der Waals surface area contributed by atoms with Gasteiger partial charge in [-0.2, -0.15) is 13.2 Å². The SMILES string of the molecule is CC/C=C\N=C(C)C(F)(F)F. The zero-order valence-corrected chi connectivity index (χ0v) is 6.44. The van der Waals surface area contributed by atoms with Crippen LogP contribution in [0.25, 0.3) is 0 Å². The lowest BCUT2D eigenvalue weighted by atomic mass is 10.4. The summed E-state index contributed by atoms with van der Waals surface area (Å²) in [5.41, 5.74) is -0.817. The van der Waals surface area contributed by atoms with Crippen LogP contribution in [-0.2, 0) is 0 Å². The molecule has 64 valence electrons. The van der Waals surface area contributed by atoms with Crippen molar-refractivity contribution < 1.29 is 13.2 Å². The second kappa shape index (κ2) is 4.16. The van der Waals surface area contributed by atoms with E-state index in [1.54, 1.807) is 6.08 Å². The zero-order chi connectivity index (χ0) is 8.91. The van der Waals surface area contributed by atoms with Gasteiger partial charge in [0.25, 0.3) is 0 Å². The smallest absolute Gasteiger partial charge is 0.257 e. The van der Waals surface area contributed by atoms with Gasteiger partial charge in [0.2, 0.25) is 0 Å². The fourth-order valence-corrected chi connectivity index (χ4v) is 0.343. The highest BCUT2D eigenvalue weighted by atomic mass is 19.4. The van der Waals surface area contributed by atoms with Crippen LogP contribution in [0.4, 0.5) is 13.2 Å². The van der Waals surface area contributed by atoms with Crippen molar-refractivity contribution >= 4 is 5.71 Å². The van der Waals surface area contributed by atoms with Crippen molar-refractivity contribution in [3.63, 3.8) is 0 Å². The molecule has 0 radical (unpaired) electrons. The molecule has 0 saturated carbocycles. The molecular formula is C7H10F3N. The third-order valence-electron chi connectivity index (χ3n) is 1.02. The van der Waals surface area contributed by atoms with Crippen molar-refractivity contribution in [1.82, 2.24) is 0 Å². The first-order valence-electron chi connectivity index (χ1n) is 3.25. The molecule has 0 amide bonds. The molecule has 0 saturated heterocycles. The lowest BCUT2D eigenvalue weighted by Gasteiger charge is -2.02. The maximum Gasteiger partial charge on any atom is 0.429 e. The molecule has 0 spiro atoms. The Hall–Kier alpha value is -0.800. The first-order valence-corrected chi connectivity index (χ1v) is 3.25. The Morgan fingerprint density at radius 1 is 1.45 bits per heavy atom. The predicted molar refractivity (Wildman–Crippen MR) is 38.6 cm³/mol. The summed E-state index contributed by atoms with van der Waals surface area (Å²) >= 11 is 0. The van der Waals surface area contributed by atoms with E-state index in [1.165, 1.54) is 6.20 Å². The highest BCUT2D eigenvalue weighted by Gasteiger charge is 2.31. The Labute approximate surface area is 63.6 Å². The number of rotatable bonds is 2. The summed E-state index contributed by atoms with van der Waals surface area (Å²) in [7, 11) is 0. The summed E-state index contributed by atoms with van der Waals surface area (Å²) in [5.74, 6) is 0. The molecule has 0 N–H and O–H groups in total. The van der Waals surface area contributed by atoms with Crippen LogP contribution < -0.4 is 0 Å². The lowest BCUT2D eigenvalue weighted by Crippen LogP contribution is -2.18. The fourth-order valence-electron chi connectivity index (χ4n) is 0.343. The summed E-state index contributed by atoms with van der Waals surface area (Å²) < 4.78 is 35.1. The first kappa shape index (κ1) is 10.2. The molecule has 0 heterocycles. The second-order valence-electron chi connectivity index (χ2n) is 2.01. The molecule has 4 heteroatoms. The molecule has 0 aromatic rings. The minimum absolute atomic E-state index is 0.689. The standard InChI is InChI=1S/C7H10F3N/c1-3-4-5-11-6(2)7(8,9)10/h4-5H,3H2,1-2H3/b5-4-,11-6?. The summed E-state index contributed by atoms with van der Waals surface area (Å²) in [5, 5.41) is 0. The number of hydrogen-bond acceptors (Lipinski definition) is 1. The third-order valence-corrected chi connectivity index (χ3v) is 1.02. The van der Waals surface area contributed by atoms with E-state index in [1.807, 2.05) is 6.92 Å². The maximum absolute atomic E-state index is 11.7. The Kier molecular flexibility index (Phi) is 3.85. The monoisotopic (exact) mass is 165 g/mol. The van der Waals surface area contributed by atoms with Gasteiger partial charge >= 0.3 is 6.18 Å². The van der Waals surface area contributed by atoms with Gasteiger partial charge in [-0.15, -0.1) is 0 Å². The molecule has 11 heavy (non-hydrogen) atoms. The summed E-state index contributed by atoms with van der Waals surface area (Å²) in [6.45, 7) is 2.77. The molecular weight excluding hydrogens is 155 g/mol. The molecule has 0 rings (SSSR count). The van der Waals surface area contributed by atoms with Crippen LogP contribution in [0, 0.1) is 0 Å². The maximum atomic E-state index is 11.7. The van der Waals surface area contributed by atoms with Crippen molar-refractivity contribution in [2.45, 2.75) is 26.4 Å². The second-order valence-corrected chi connectivity index (χ2v) is 2.01. The molecule has 0 bridgehead atoms. The Morgan fingerprint density at radius 2 is 2.00 bits per heavy atom. The third kappa shape index (κ3) is 4.58. The van der Waals surface area contributed by atoms with Crippen LogP contribution in [0.1, 0.15) is 20.3 Å². The van der Waals surface area contributed by atoms with Crippen molar-refractivity contribution in [3.8, 4) is 0 Å². The average molecular weight is 165 g/mol. The zero-order valence-electron chi connectivity index (χ0n) is 6.44. The van der Waals surface area contributed by atoms with Gasteiger partial charge in [0.05, 0.1) is 0 Å². The quantitative estimate of drug-likeness (QED) is 0.558. The number of nitrogens with zero attached hydrogens (tertiary/aromatic N) is 1. The van der Waals surface area contributed by atoms with Crippen LogP contribution in [0.2, 0.25) is 0 Å². The Balaban J connectivity index is 4.12. The number of allylic oxidation sites excluding steroid dienone is 1. The Morgan fingerprint density at radius 3 is 2.36 bits per heavy atom. The topological polar surface area (TPSA) is 12.4 Å². The van der Waals surface area contributed by atoms with Crippen molar-refractivity contribution in [2.24, 2.45) is 4.99 Å². The van der Waals surface area contributed by atoms with E-state index in [2.05, 4.69) is 4.99 Å². The molecule has 0 aromatic carbocycles. The minimum Gasteiger partial charge on any atom is -0.257 e. The number of aliphatic imine (C=N–C) groups is 1. The van der Waals surface area contributed by atoms with Gasteiger partial charge in [-0.3, -0.25) is 4.99 Å². The number of alkyl halides is 3. The van der Waals surface area contributed by atoms with E-state index in [0.29, 0.717) is 6.42 Å². The average Bonchev–Trinajstić information content (AvgIpc) is 1.86. The van der Waals surface area contributed by atoms with Crippen LogP contribution in [0.15, 0.2) is 17.3 Å². The molecule has 0 aliphatic carbocycles. The summed E-state index contributed by atoms with van der Waals surface area (Å²) in [6, 6.07) is 0. The van der Waals surface area contributed by atoms with Gasteiger partial charge in [0.1, 0.15) is 5.71 Å². The van der Waals surface area contributed by atoms with Crippen LogP contribution in [0.3, 0.4) is 0 Å². The minimum atomic E-state index is -4.29. The number of halogens is 3. The van der Waals surface area contributed by atoms with Gasteiger partial charge in [-0.05, 0) is 13.3 Å². The first-order chi connectivity index (χ1) is 4.98. The largest absolute Gasteiger partial charge is 0.429 e. The molecule has 1 nitrogen and oxygen atoms in total. The van der Waals surface area contributed by atoms with Gasteiger partial charge in [0, 0.05) is 6.20 Å². The van der Waals surface area contributed by atoms with Crippen molar-refractivity contribution in [3.05, 3.63) is 12.3 Å². The van der Waals surface area contributed by atoms with E-state index >= 15 is 0 Å². The van der Waals surface area contributed by atoms with Gasteiger partial charge in [-0.1, -0.05) is 13.0 Å². The molecule has 0 aromatic heterocycles. The van der Waals surface area contributed by atoms with Crippen LogP contribution >= 0.6 is 0 Å². The predicted octanol–water partition coefficient (Wildman–Crippen LogP) is 2.93. The van der Waals surface area contributed by atoms with E-state index in [0.717, 1.165) is 6.92 Å². The molecule has 0 atom stereocenters. The van der Waals surface area contributed by atoms with Gasteiger partial charge in [0.15, 0.2) is 0 Å². The van der Waals surface area contributed by atoms with Crippen molar-refractivity contribution in [1.29, 1.82) is 0 Å². The van der Waals surface area contributed by atoms with E-state index in [9.17, 15) is 13.2 Å². The molecule has 0 aliphatic heterocycles. The summed E-state index contributed by atoms with van der Waals surface area (Å²) in [4.78, 5) is 3.20. The van der Waals surface area contributed by atoms with Crippen LogP contribution in [0.5, 0.6) is 0 Å². The highest BCUT2D eigenvalue weighted by Crippen LogP contribution is 2.16. The number of hydrogen-bond donors (Lipinski definition) is 0. The fraction of sp³-hybridized carbons (Fsp3) is 0.571. The van der Waals surface area contributed by atoms with E-state index in [4.69, 9.17) is 0 Å². The Bertz CT molecular complexity index is 167. The molecule has 0 fully saturated rings.